The van der Waals surface area contributed by atoms with Gasteiger partial charge in [-0.05, 0) is 56.2 Å². The molecular formula is C20H25N3OS2. The fraction of sp³-hybridized carbons (Fsp3) is 0.300. The SMILES string of the molecule is Cc1cc(C)c(NC(=O)CNC(=S)NCCSc2ccccc2)c(C)c1. The van der Waals surface area contributed by atoms with Crippen LogP contribution in [-0.2, 0) is 4.79 Å². The molecule has 0 saturated carbocycles. The van der Waals surface area contributed by atoms with Crippen molar-refractivity contribution in [2.24, 2.45) is 0 Å². The largest absolute Gasteiger partial charge is 0.362 e. The Bertz CT molecular complexity index is 740. The van der Waals surface area contributed by atoms with Crippen LogP contribution < -0.4 is 16.0 Å². The van der Waals surface area contributed by atoms with Crippen LogP contribution >= 0.6 is 24.0 Å². The summed E-state index contributed by atoms with van der Waals surface area (Å²) >= 11 is 6.99. The van der Waals surface area contributed by atoms with Crippen molar-refractivity contribution in [1.29, 1.82) is 0 Å². The molecule has 0 saturated heterocycles. The third kappa shape index (κ3) is 6.69. The number of carbonyl (C=O) groups is 1. The number of anilines is 1. The quantitative estimate of drug-likeness (QED) is 0.383. The summed E-state index contributed by atoms with van der Waals surface area (Å²) in [5.41, 5.74) is 4.19. The van der Waals surface area contributed by atoms with Gasteiger partial charge >= 0.3 is 0 Å². The number of benzene rings is 2. The number of hydrogen-bond acceptors (Lipinski definition) is 3. The standard InChI is InChI=1S/C20H25N3OS2/c1-14-11-15(2)19(16(3)12-14)23-18(24)13-22-20(25)21-9-10-26-17-7-5-4-6-8-17/h4-8,11-12H,9-10,13H2,1-3H3,(H,23,24)(H2,21,22,25). The van der Waals surface area contributed by atoms with E-state index < -0.39 is 0 Å². The number of rotatable bonds is 7. The average molecular weight is 388 g/mol. The van der Waals surface area contributed by atoms with Gasteiger partial charge < -0.3 is 16.0 Å². The molecule has 0 fully saturated rings. The molecule has 2 rings (SSSR count). The van der Waals surface area contributed by atoms with Crippen LogP contribution in [0.2, 0.25) is 0 Å². The first-order valence-electron chi connectivity index (χ1n) is 8.53. The zero-order valence-corrected chi connectivity index (χ0v) is 17.0. The van der Waals surface area contributed by atoms with Crippen molar-refractivity contribution >= 4 is 40.7 Å². The maximum Gasteiger partial charge on any atom is 0.243 e. The molecule has 0 unspecified atom stereocenters. The zero-order chi connectivity index (χ0) is 18.9. The normalized spacial score (nSPS) is 10.3. The van der Waals surface area contributed by atoms with Gasteiger partial charge in [0.15, 0.2) is 5.11 Å². The van der Waals surface area contributed by atoms with E-state index in [-0.39, 0.29) is 12.5 Å². The van der Waals surface area contributed by atoms with Gasteiger partial charge in [0.2, 0.25) is 5.91 Å². The highest BCUT2D eigenvalue weighted by atomic mass is 32.2. The van der Waals surface area contributed by atoms with Crippen LogP contribution in [0, 0.1) is 20.8 Å². The Labute approximate surface area is 165 Å². The van der Waals surface area contributed by atoms with Crippen molar-refractivity contribution in [3.8, 4) is 0 Å². The Morgan fingerprint density at radius 1 is 1.04 bits per heavy atom. The van der Waals surface area contributed by atoms with Crippen LogP contribution in [0.15, 0.2) is 47.4 Å². The molecule has 2 aromatic carbocycles. The summed E-state index contributed by atoms with van der Waals surface area (Å²) in [6.07, 6.45) is 0. The maximum absolute atomic E-state index is 12.2. The summed E-state index contributed by atoms with van der Waals surface area (Å²) in [5.74, 6) is 0.794. The van der Waals surface area contributed by atoms with Gasteiger partial charge in [0, 0.05) is 22.9 Å². The van der Waals surface area contributed by atoms with E-state index in [4.69, 9.17) is 12.2 Å². The molecule has 0 aliphatic carbocycles. The highest BCUT2D eigenvalue weighted by Crippen LogP contribution is 2.21. The van der Waals surface area contributed by atoms with Gasteiger partial charge in [-0.2, -0.15) is 0 Å². The van der Waals surface area contributed by atoms with Crippen LogP contribution in [0.25, 0.3) is 0 Å². The lowest BCUT2D eigenvalue weighted by molar-refractivity contribution is -0.115. The molecule has 0 aliphatic heterocycles. The lowest BCUT2D eigenvalue weighted by Crippen LogP contribution is -2.40. The van der Waals surface area contributed by atoms with E-state index in [1.165, 1.54) is 10.5 Å². The predicted molar refractivity (Wildman–Crippen MR) is 115 cm³/mol. The second-order valence-electron chi connectivity index (χ2n) is 6.09. The molecule has 0 aliphatic rings. The van der Waals surface area contributed by atoms with Crippen molar-refractivity contribution in [3.63, 3.8) is 0 Å². The van der Waals surface area contributed by atoms with Crippen LogP contribution in [0.4, 0.5) is 5.69 Å². The van der Waals surface area contributed by atoms with E-state index in [1.807, 2.05) is 39.0 Å². The Balaban J connectivity index is 1.68. The van der Waals surface area contributed by atoms with E-state index >= 15 is 0 Å². The molecule has 1 amide bonds. The van der Waals surface area contributed by atoms with Crippen LogP contribution in [0.5, 0.6) is 0 Å². The van der Waals surface area contributed by atoms with E-state index in [2.05, 4.69) is 40.2 Å². The van der Waals surface area contributed by atoms with Crippen molar-refractivity contribution < 1.29 is 4.79 Å². The number of nitrogens with one attached hydrogen (secondary N) is 3. The first kappa shape index (κ1) is 20.3. The van der Waals surface area contributed by atoms with Gasteiger partial charge in [0.25, 0.3) is 0 Å². The Kier molecular flexibility index (Phi) is 7.94. The van der Waals surface area contributed by atoms with Gasteiger partial charge in [-0.15, -0.1) is 11.8 Å². The van der Waals surface area contributed by atoms with E-state index in [9.17, 15) is 4.79 Å². The molecule has 138 valence electrons. The molecule has 6 heteroatoms. The third-order valence-electron chi connectivity index (χ3n) is 3.75. The van der Waals surface area contributed by atoms with Crippen LogP contribution in [0.1, 0.15) is 16.7 Å². The number of thiocarbonyl (C=S) groups is 1. The van der Waals surface area contributed by atoms with E-state index in [0.717, 1.165) is 29.1 Å². The van der Waals surface area contributed by atoms with Crippen molar-refractivity contribution in [2.75, 3.05) is 24.2 Å². The van der Waals surface area contributed by atoms with E-state index in [0.29, 0.717) is 5.11 Å². The van der Waals surface area contributed by atoms with Gasteiger partial charge in [-0.3, -0.25) is 4.79 Å². The molecule has 2 aromatic rings. The second-order valence-corrected chi connectivity index (χ2v) is 7.67. The number of hydrogen-bond donors (Lipinski definition) is 3. The molecule has 3 N–H and O–H groups in total. The lowest BCUT2D eigenvalue weighted by Gasteiger charge is -2.14. The highest BCUT2D eigenvalue weighted by Gasteiger charge is 2.08. The second kappa shape index (κ2) is 10.2. The molecule has 0 atom stereocenters. The third-order valence-corrected chi connectivity index (χ3v) is 5.05. The summed E-state index contributed by atoms with van der Waals surface area (Å²) in [6.45, 7) is 6.93. The van der Waals surface area contributed by atoms with Gasteiger partial charge in [-0.25, -0.2) is 0 Å². The first-order valence-corrected chi connectivity index (χ1v) is 9.92. The molecule has 26 heavy (non-hydrogen) atoms. The molecule has 0 heterocycles. The molecule has 0 spiro atoms. The Morgan fingerprint density at radius 3 is 2.35 bits per heavy atom. The lowest BCUT2D eigenvalue weighted by atomic mass is 10.1. The number of aryl methyl sites for hydroxylation is 3. The molecular weight excluding hydrogens is 362 g/mol. The summed E-state index contributed by atoms with van der Waals surface area (Å²) in [7, 11) is 0. The predicted octanol–water partition coefficient (Wildman–Crippen LogP) is 3.81. The molecule has 0 radical (unpaired) electrons. The van der Waals surface area contributed by atoms with E-state index in [1.54, 1.807) is 11.8 Å². The monoisotopic (exact) mass is 387 g/mol. The van der Waals surface area contributed by atoms with Gasteiger partial charge in [0.1, 0.15) is 0 Å². The molecule has 0 bridgehead atoms. The molecule has 0 aromatic heterocycles. The smallest absolute Gasteiger partial charge is 0.243 e. The minimum absolute atomic E-state index is 0.108. The summed E-state index contributed by atoms with van der Waals surface area (Å²) in [5, 5.41) is 9.52. The fourth-order valence-corrected chi connectivity index (χ4v) is 3.60. The van der Waals surface area contributed by atoms with Crippen molar-refractivity contribution in [3.05, 3.63) is 59.2 Å². The summed E-state index contributed by atoms with van der Waals surface area (Å²) in [4.78, 5) is 13.4. The molecule has 4 nitrogen and oxygen atoms in total. The van der Waals surface area contributed by atoms with Gasteiger partial charge in [-0.1, -0.05) is 35.9 Å². The number of carbonyl (C=O) groups excluding carboxylic acids is 1. The summed E-state index contributed by atoms with van der Waals surface area (Å²) < 4.78 is 0. The topological polar surface area (TPSA) is 53.2 Å². The highest BCUT2D eigenvalue weighted by molar-refractivity contribution is 7.99. The minimum Gasteiger partial charge on any atom is -0.362 e. The first-order chi connectivity index (χ1) is 12.5. The zero-order valence-electron chi connectivity index (χ0n) is 15.4. The minimum atomic E-state index is -0.108. The van der Waals surface area contributed by atoms with Crippen molar-refractivity contribution in [2.45, 2.75) is 25.7 Å². The number of thioether (sulfide) groups is 1. The maximum atomic E-state index is 12.2. The van der Waals surface area contributed by atoms with Crippen LogP contribution in [0.3, 0.4) is 0 Å². The Morgan fingerprint density at radius 2 is 1.69 bits per heavy atom. The fourth-order valence-electron chi connectivity index (χ4n) is 2.63. The van der Waals surface area contributed by atoms with Crippen LogP contribution in [-0.4, -0.2) is 29.9 Å². The number of amides is 1. The average Bonchev–Trinajstić information content (AvgIpc) is 2.61. The van der Waals surface area contributed by atoms with Crippen molar-refractivity contribution in [1.82, 2.24) is 10.6 Å². The Hall–Kier alpha value is -2.05. The van der Waals surface area contributed by atoms with Gasteiger partial charge in [0.05, 0.1) is 6.54 Å². The summed E-state index contributed by atoms with van der Waals surface area (Å²) in [6, 6.07) is 14.3.